The number of pyridine rings is 1. The molecule has 0 aromatic carbocycles. The summed E-state index contributed by atoms with van der Waals surface area (Å²) in [7, 11) is -3.64. The van der Waals surface area contributed by atoms with Crippen molar-refractivity contribution in [3.63, 3.8) is 0 Å². The minimum Gasteiger partial charge on any atom is -0.392 e. The summed E-state index contributed by atoms with van der Waals surface area (Å²) in [6.07, 6.45) is 2.76. The zero-order chi connectivity index (χ0) is 12.4. The number of nitrogens with zero attached hydrogens (tertiary/aromatic N) is 1. The van der Waals surface area contributed by atoms with E-state index in [0.717, 1.165) is 0 Å². The lowest BCUT2D eigenvalue weighted by Gasteiger charge is -2.24. The Morgan fingerprint density at radius 2 is 2.19 bits per heavy atom. The van der Waals surface area contributed by atoms with Gasteiger partial charge in [0.05, 0.1) is 10.5 Å². The summed E-state index contributed by atoms with van der Waals surface area (Å²) < 4.78 is 26.2. The molecular formula is C9H13N3O2S2. The molecule has 0 atom stereocenters. The molecule has 0 saturated carbocycles. The first kappa shape index (κ1) is 13.0. The Morgan fingerprint density at radius 1 is 1.56 bits per heavy atom. The molecule has 0 saturated heterocycles. The van der Waals surface area contributed by atoms with Crippen molar-refractivity contribution in [2.24, 2.45) is 5.73 Å². The highest BCUT2D eigenvalue weighted by Gasteiger charge is 2.28. The number of nitrogens with two attached hydrogens (primary N) is 1. The molecule has 1 heterocycles. The van der Waals surface area contributed by atoms with Crippen molar-refractivity contribution in [3.05, 3.63) is 24.5 Å². The molecule has 88 valence electrons. The van der Waals surface area contributed by atoms with Crippen LogP contribution in [0.25, 0.3) is 0 Å². The van der Waals surface area contributed by atoms with Crippen molar-refractivity contribution < 1.29 is 8.42 Å². The minimum absolute atomic E-state index is 0.0827. The summed E-state index contributed by atoms with van der Waals surface area (Å²) in [4.78, 5) is 3.91. The molecule has 1 rings (SSSR count). The molecule has 1 aromatic rings. The van der Waals surface area contributed by atoms with Gasteiger partial charge >= 0.3 is 0 Å². The van der Waals surface area contributed by atoms with Crippen molar-refractivity contribution in [1.82, 2.24) is 9.71 Å². The van der Waals surface area contributed by atoms with Gasteiger partial charge in [0.15, 0.2) is 0 Å². The van der Waals surface area contributed by atoms with Crippen molar-refractivity contribution in [2.75, 3.05) is 0 Å². The minimum atomic E-state index is -3.64. The maximum absolute atomic E-state index is 11.9. The molecule has 0 bridgehead atoms. The van der Waals surface area contributed by atoms with Gasteiger partial charge in [-0.25, -0.2) is 8.42 Å². The van der Waals surface area contributed by atoms with Gasteiger partial charge < -0.3 is 5.73 Å². The van der Waals surface area contributed by atoms with E-state index in [9.17, 15) is 8.42 Å². The number of aromatic nitrogens is 1. The maximum atomic E-state index is 11.9. The Hall–Kier alpha value is -1.05. The third-order valence-corrected chi connectivity index (χ3v) is 4.10. The Labute approximate surface area is 100 Å². The topological polar surface area (TPSA) is 85.1 Å². The number of rotatable bonds is 4. The number of nitrogens with one attached hydrogen (secondary N) is 1. The molecule has 1 aromatic heterocycles. The predicted octanol–water partition coefficient (Wildman–Crippen LogP) is 0.425. The van der Waals surface area contributed by atoms with Crippen LogP contribution >= 0.6 is 12.2 Å². The first-order valence-electron chi connectivity index (χ1n) is 4.49. The Morgan fingerprint density at radius 3 is 2.62 bits per heavy atom. The third kappa shape index (κ3) is 2.97. The van der Waals surface area contributed by atoms with Gasteiger partial charge in [0.1, 0.15) is 4.90 Å². The summed E-state index contributed by atoms with van der Waals surface area (Å²) in [6.45, 7) is 3.20. The summed E-state index contributed by atoms with van der Waals surface area (Å²) in [5.74, 6) is 0. The van der Waals surface area contributed by atoms with Crippen LogP contribution in [0, 0.1) is 0 Å². The average Bonchev–Trinajstić information content (AvgIpc) is 2.17. The highest BCUT2D eigenvalue weighted by molar-refractivity contribution is 7.89. The van der Waals surface area contributed by atoms with Crippen LogP contribution in [-0.2, 0) is 10.0 Å². The molecule has 0 radical (unpaired) electrons. The summed E-state index contributed by atoms with van der Waals surface area (Å²) in [6, 6.07) is 2.99. The first-order chi connectivity index (χ1) is 7.26. The highest BCUT2D eigenvalue weighted by atomic mass is 32.2. The van der Waals surface area contributed by atoms with Crippen LogP contribution in [0.15, 0.2) is 29.4 Å². The molecule has 16 heavy (non-hydrogen) atoms. The van der Waals surface area contributed by atoms with E-state index in [0.29, 0.717) is 0 Å². The van der Waals surface area contributed by atoms with Gasteiger partial charge in [-0.2, -0.15) is 4.72 Å². The van der Waals surface area contributed by atoms with E-state index in [1.807, 2.05) is 0 Å². The largest absolute Gasteiger partial charge is 0.392 e. The van der Waals surface area contributed by atoms with Crippen LogP contribution < -0.4 is 10.5 Å². The molecule has 3 N–H and O–H groups in total. The number of thiocarbonyl (C=S) groups is 1. The van der Waals surface area contributed by atoms with Crippen LogP contribution in [0.1, 0.15) is 13.8 Å². The Bertz CT molecular complexity index is 483. The molecule has 5 nitrogen and oxygen atoms in total. The lowest BCUT2D eigenvalue weighted by Crippen LogP contribution is -2.51. The molecule has 0 aliphatic rings. The van der Waals surface area contributed by atoms with Crippen molar-refractivity contribution in [1.29, 1.82) is 0 Å². The van der Waals surface area contributed by atoms with Gasteiger partial charge in [-0.15, -0.1) is 0 Å². The van der Waals surface area contributed by atoms with Gasteiger partial charge in [-0.3, -0.25) is 4.98 Å². The lowest BCUT2D eigenvalue weighted by atomic mass is 10.1. The molecule has 0 fully saturated rings. The molecule has 0 aliphatic carbocycles. The fourth-order valence-electron chi connectivity index (χ4n) is 0.951. The molecule has 0 amide bonds. The summed E-state index contributed by atoms with van der Waals surface area (Å²) >= 11 is 4.78. The van der Waals surface area contributed by atoms with Crippen LogP contribution in [0.4, 0.5) is 0 Å². The number of hydrogen-bond acceptors (Lipinski definition) is 4. The van der Waals surface area contributed by atoms with E-state index < -0.39 is 15.6 Å². The standard InChI is InChI=1S/C9H13N3O2S2/c1-9(2,8(10)15)12-16(13,14)7-4-3-5-11-6-7/h3-6,12H,1-2H3,(H2,10,15). The highest BCUT2D eigenvalue weighted by Crippen LogP contribution is 2.11. The van der Waals surface area contributed by atoms with Gasteiger partial charge in [0.2, 0.25) is 10.0 Å². The summed E-state index contributed by atoms with van der Waals surface area (Å²) in [5.41, 5.74) is 4.48. The van der Waals surface area contributed by atoms with Crippen molar-refractivity contribution >= 4 is 27.2 Å². The van der Waals surface area contributed by atoms with Gasteiger partial charge in [-0.05, 0) is 26.0 Å². The second-order valence-corrected chi connectivity index (χ2v) is 5.91. The van der Waals surface area contributed by atoms with Crippen LogP contribution in [0.3, 0.4) is 0 Å². The molecular weight excluding hydrogens is 246 g/mol. The monoisotopic (exact) mass is 259 g/mol. The Balaban J connectivity index is 3.03. The Kier molecular flexibility index (Phi) is 3.61. The van der Waals surface area contributed by atoms with E-state index in [1.165, 1.54) is 18.5 Å². The van der Waals surface area contributed by atoms with E-state index in [-0.39, 0.29) is 9.88 Å². The number of hydrogen-bond donors (Lipinski definition) is 2. The quantitative estimate of drug-likeness (QED) is 0.766. The van der Waals surface area contributed by atoms with Crippen LogP contribution in [-0.4, -0.2) is 23.9 Å². The van der Waals surface area contributed by atoms with Gasteiger partial charge in [0, 0.05) is 12.4 Å². The van der Waals surface area contributed by atoms with E-state index >= 15 is 0 Å². The lowest BCUT2D eigenvalue weighted by molar-refractivity contribution is 0.546. The van der Waals surface area contributed by atoms with E-state index in [2.05, 4.69) is 9.71 Å². The third-order valence-electron chi connectivity index (χ3n) is 1.95. The SMILES string of the molecule is CC(C)(NS(=O)(=O)c1cccnc1)C(N)=S. The van der Waals surface area contributed by atoms with E-state index in [1.54, 1.807) is 19.9 Å². The molecule has 0 unspecified atom stereocenters. The second kappa shape index (κ2) is 4.44. The normalized spacial score (nSPS) is 12.4. The van der Waals surface area contributed by atoms with Gasteiger partial charge in [-0.1, -0.05) is 12.2 Å². The predicted molar refractivity (Wildman–Crippen MR) is 65.4 cm³/mol. The second-order valence-electron chi connectivity index (χ2n) is 3.78. The zero-order valence-electron chi connectivity index (χ0n) is 8.97. The molecule has 7 heteroatoms. The van der Waals surface area contributed by atoms with Crippen LogP contribution in [0.5, 0.6) is 0 Å². The zero-order valence-corrected chi connectivity index (χ0v) is 10.6. The van der Waals surface area contributed by atoms with Crippen LogP contribution in [0.2, 0.25) is 0 Å². The number of sulfonamides is 1. The smallest absolute Gasteiger partial charge is 0.242 e. The molecule has 0 aliphatic heterocycles. The maximum Gasteiger partial charge on any atom is 0.242 e. The summed E-state index contributed by atoms with van der Waals surface area (Å²) in [5, 5.41) is 0. The van der Waals surface area contributed by atoms with E-state index in [4.69, 9.17) is 18.0 Å². The van der Waals surface area contributed by atoms with Gasteiger partial charge in [0.25, 0.3) is 0 Å². The molecule has 0 spiro atoms. The van der Waals surface area contributed by atoms with Crippen molar-refractivity contribution in [2.45, 2.75) is 24.3 Å². The fraction of sp³-hybridized carbons (Fsp3) is 0.333. The fourth-order valence-corrected chi connectivity index (χ4v) is 2.42. The first-order valence-corrected chi connectivity index (χ1v) is 6.39. The van der Waals surface area contributed by atoms with Crippen molar-refractivity contribution in [3.8, 4) is 0 Å². The average molecular weight is 259 g/mol.